The molecule has 33 heavy (non-hydrogen) atoms. The van der Waals surface area contributed by atoms with Gasteiger partial charge in [-0.05, 0) is 55.5 Å². The summed E-state index contributed by atoms with van der Waals surface area (Å²) in [6.45, 7) is 1.80. The number of rotatable bonds is 4. The van der Waals surface area contributed by atoms with Crippen molar-refractivity contribution in [2.45, 2.75) is 13.1 Å². The molecule has 0 aliphatic heterocycles. The minimum atomic E-state index is -5.01. The van der Waals surface area contributed by atoms with E-state index in [1.165, 1.54) is 48.5 Å². The SMILES string of the molecule is Cc1ccc(Oc2c(C(F)(F)F)oc3cc(OC(=O)c4ccc(Cl)cc4)ccc3c2=O)cc1. The Bertz CT molecular complexity index is 1390. The summed E-state index contributed by atoms with van der Waals surface area (Å²) in [6, 6.07) is 15.5. The van der Waals surface area contributed by atoms with E-state index in [-0.39, 0.29) is 22.4 Å². The normalized spacial score (nSPS) is 11.4. The first-order valence-electron chi connectivity index (χ1n) is 9.52. The average Bonchev–Trinajstić information content (AvgIpc) is 2.76. The Balaban J connectivity index is 1.74. The molecule has 168 valence electrons. The number of carbonyl (C=O) groups is 1. The zero-order valence-electron chi connectivity index (χ0n) is 16.9. The van der Waals surface area contributed by atoms with Crippen LogP contribution in [-0.2, 0) is 6.18 Å². The predicted octanol–water partition coefficient (Wildman–Crippen LogP) is 6.79. The number of esters is 1. The number of halogens is 4. The van der Waals surface area contributed by atoms with Crippen LogP contribution >= 0.6 is 11.6 Å². The van der Waals surface area contributed by atoms with Crippen LogP contribution in [0.3, 0.4) is 0 Å². The minimum absolute atomic E-state index is 0.0475. The summed E-state index contributed by atoms with van der Waals surface area (Å²) in [4.78, 5) is 25.1. The molecule has 1 heterocycles. The number of carbonyl (C=O) groups excluding carboxylic acids is 1. The molecule has 4 aromatic rings. The fourth-order valence-corrected chi connectivity index (χ4v) is 3.10. The van der Waals surface area contributed by atoms with Gasteiger partial charge in [0, 0.05) is 11.1 Å². The number of ether oxygens (including phenoxy) is 2. The van der Waals surface area contributed by atoms with Crippen LogP contribution in [0.4, 0.5) is 13.2 Å². The first kappa shape index (κ1) is 22.4. The van der Waals surface area contributed by atoms with Crippen LogP contribution in [0.1, 0.15) is 21.7 Å². The third-order valence-corrected chi connectivity index (χ3v) is 4.86. The minimum Gasteiger partial charge on any atom is -0.449 e. The second-order valence-electron chi connectivity index (χ2n) is 7.06. The summed E-state index contributed by atoms with van der Waals surface area (Å²) in [5, 5.41) is 0.249. The first-order chi connectivity index (χ1) is 15.6. The van der Waals surface area contributed by atoms with Crippen LogP contribution in [-0.4, -0.2) is 5.97 Å². The lowest BCUT2D eigenvalue weighted by Crippen LogP contribution is -2.15. The first-order valence-corrected chi connectivity index (χ1v) is 9.90. The van der Waals surface area contributed by atoms with E-state index < -0.39 is 34.7 Å². The second-order valence-corrected chi connectivity index (χ2v) is 7.49. The van der Waals surface area contributed by atoms with Crippen LogP contribution in [0.25, 0.3) is 11.0 Å². The number of benzene rings is 3. The fraction of sp³-hybridized carbons (Fsp3) is 0.0833. The number of alkyl halides is 3. The highest BCUT2D eigenvalue weighted by molar-refractivity contribution is 6.30. The molecular weight excluding hydrogens is 461 g/mol. The zero-order chi connectivity index (χ0) is 23.8. The number of aryl methyl sites for hydroxylation is 1. The summed E-state index contributed by atoms with van der Waals surface area (Å²) in [6.07, 6.45) is -5.01. The van der Waals surface area contributed by atoms with Gasteiger partial charge in [0.2, 0.25) is 11.2 Å². The molecule has 5 nitrogen and oxygen atoms in total. The molecule has 0 unspecified atom stereocenters. The highest BCUT2D eigenvalue weighted by Crippen LogP contribution is 2.38. The van der Waals surface area contributed by atoms with Crippen LogP contribution in [0.5, 0.6) is 17.2 Å². The molecule has 0 aliphatic rings. The highest BCUT2D eigenvalue weighted by Gasteiger charge is 2.40. The monoisotopic (exact) mass is 474 g/mol. The Kier molecular flexibility index (Phi) is 5.86. The summed E-state index contributed by atoms with van der Waals surface area (Å²) >= 11 is 5.78. The van der Waals surface area contributed by atoms with E-state index in [1.807, 2.05) is 0 Å². The molecule has 0 saturated carbocycles. The van der Waals surface area contributed by atoms with Gasteiger partial charge in [0.05, 0.1) is 10.9 Å². The van der Waals surface area contributed by atoms with E-state index in [2.05, 4.69) is 0 Å². The van der Waals surface area contributed by atoms with Gasteiger partial charge in [-0.1, -0.05) is 29.3 Å². The van der Waals surface area contributed by atoms with Gasteiger partial charge < -0.3 is 13.9 Å². The van der Waals surface area contributed by atoms with E-state index in [4.69, 9.17) is 25.5 Å². The topological polar surface area (TPSA) is 65.7 Å². The summed E-state index contributed by atoms with van der Waals surface area (Å²) in [7, 11) is 0. The Hall–Kier alpha value is -3.78. The molecule has 0 radical (unpaired) electrons. The average molecular weight is 475 g/mol. The van der Waals surface area contributed by atoms with E-state index in [0.717, 1.165) is 11.6 Å². The van der Waals surface area contributed by atoms with E-state index >= 15 is 0 Å². The van der Waals surface area contributed by atoms with E-state index in [1.54, 1.807) is 19.1 Å². The smallest absolute Gasteiger partial charge is 0.449 e. The molecule has 0 aliphatic carbocycles. The molecule has 1 aromatic heterocycles. The van der Waals surface area contributed by atoms with Crippen molar-refractivity contribution in [2.24, 2.45) is 0 Å². The summed E-state index contributed by atoms with van der Waals surface area (Å²) in [5.41, 5.74) is -0.381. The maximum atomic E-state index is 13.7. The Morgan fingerprint density at radius 2 is 1.58 bits per heavy atom. The fourth-order valence-electron chi connectivity index (χ4n) is 2.98. The standard InChI is InChI=1S/C24H14ClF3O5/c1-13-2-8-16(9-3-13)31-21-20(29)18-11-10-17(12-19(18)33-22(21)24(26,27)28)32-23(30)14-4-6-15(25)7-5-14/h2-12H,1H3. The number of hydrogen-bond donors (Lipinski definition) is 0. The van der Waals surface area contributed by atoms with Gasteiger partial charge in [0.15, 0.2) is 0 Å². The lowest BCUT2D eigenvalue weighted by atomic mass is 10.2. The van der Waals surface area contributed by atoms with E-state index in [0.29, 0.717) is 5.02 Å². The van der Waals surface area contributed by atoms with Crippen LogP contribution in [0.15, 0.2) is 75.9 Å². The van der Waals surface area contributed by atoms with Gasteiger partial charge in [0.1, 0.15) is 17.1 Å². The lowest BCUT2D eigenvalue weighted by Gasteiger charge is -2.13. The van der Waals surface area contributed by atoms with Gasteiger partial charge in [-0.3, -0.25) is 4.79 Å². The number of hydrogen-bond acceptors (Lipinski definition) is 5. The van der Waals surface area contributed by atoms with Crippen molar-refractivity contribution in [2.75, 3.05) is 0 Å². The van der Waals surface area contributed by atoms with Crippen LogP contribution in [0, 0.1) is 6.92 Å². The Labute approximate surface area is 189 Å². The molecule has 4 rings (SSSR count). The Morgan fingerprint density at radius 1 is 0.939 bits per heavy atom. The van der Waals surface area contributed by atoms with Crippen LogP contribution in [0.2, 0.25) is 5.02 Å². The van der Waals surface area contributed by atoms with Crippen molar-refractivity contribution in [3.63, 3.8) is 0 Å². The van der Waals surface area contributed by atoms with Gasteiger partial charge in [-0.25, -0.2) is 4.79 Å². The van der Waals surface area contributed by atoms with Crippen molar-refractivity contribution in [1.82, 2.24) is 0 Å². The lowest BCUT2D eigenvalue weighted by molar-refractivity contribution is -0.154. The molecule has 9 heteroatoms. The van der Waals surface area contributed by atoms with Gasteiger partial charge in [0.25, 0.3) is 5.76 Å². The number of fused-ring (bicyclic) bond motifs is 1. The Morgan fingerprint density at radius 3 is 2.21 bits per heavy atom. The molecular formula is C24H14ClF3O5. The third kappa shape index (κ3) is 4.85. The predicted molar refractivity (Wildman–Crippen MR) is 115 cm³/mol. The van der Waals surface area contributed by atoms with Crippen molar-refractivity contribution < 1.29 is 31.9 Å². The highest BCUT2D eigenvalue weighted by atomic mass is 35.5. The van der Waals surface area contributed by atoms with Gasteiger partial charge in [-0.2, -0.15) is 13.2 Å². The molecule has 0 atom stereocenters. The quantitative estimate of drug-likeness (QED) is 0.241. The van der Waals surface area contributed by atoms with E-state index in [9.17, 15) is 22.8 Å². The van der Waals surface area contributed by atoms with Crippen molar-refractivity contribution in [3.05, 3.63) is 98.9 Å². The molecule has 0 saturated heterocycles. The maximum absolute atomic E-state index is 13.7. The molecule has 0 N–H and O–H groups in total. The molecule has 3 aromatic carbocycles. The van der Waals surface area contributed by atoms with Crippen molar-refractivity contribution >= 4 is 28.5 Å². The molecule has 0 amide bonds. The molecule has 0 fully saturated rings. The summed E-state index contributed by atoms with van der Waals surface area (Å²) < 4.78 is 56.5. The third-order valence-electron chi connectivity index (χ3n) is 4.61. The van der Waals surface area contributed by atoms with Crippen molar-refractivity contribution in [3.8, 4) is 17.2 Å². The molecule has 0 spiro atoms. The maximum Gasteiger partial charge on any atom is 0.453 e. The largest absolute Gasteiger partial charge is 0.453 e. The van der Waals surface area contributed by atoms with Crippen molar-refractivity contribution in [1.29, 1.82) is 0 Å². The van der Waals surface area contributed by atoms with Gasteiger partial charge >= 0.3 is 12.1 Å². The van der Waals surface area contributed by atoms with Crippen LogP contribution < -0.4 is 14.9 Å². The zero-order valence-corrected chi connectivity index (χ0v) is 17.7. The second kappa shape index (κ2) is 8.63. The van der Waals surface area contributed by atoms with Gasteiger partial charge in [-0.15, -0.1) is 0 Å². The summed E-state index contributed by atoms with van der Waals surface area (Å²) in [5.74, 6) is -3.40. The molecule has 0 bridgehead atoms.